The van der Waals surface area contributed by atoms with Gasteiger partial charge in [0.25, 0.3) is 0 Å². The van der Waals surface area contributed by atoms with E-state index in [4.69, 9.17) is 4.98 Å². The molecule has 0 saturated carbocycles. The van der Waals surface area contributed by atoms with Gasteiger partial charge in [0, 0.05) is 16.9 Å². The van der Waals surface area contributed by atoms with Crippen molar-refractivity contribution in [3.8, 4) is 10.6 Å². The fraction of sp³-hybridized carbons (Fsp3) is 0.182. The number of hydrogen-bond donors (Lipinski definition) is 1. The molecule has 0 spiro atoms. The smallest absolute Gasteiger partial charge is 0.225 e. The Hall–Kier alpha value is -2.50. The Balaban J connectivity index is 1.58. The van der Waals surface area contributed by atoms with E-state index >= 15 is 0 Å². The predicted octanol–water partition coefficient (Wildman–Crippen LogP) is 6.21. The number of fused-ring (bicyclic) bond motifs is 1. The highest BCUT2D eigenvalue weighted by molar-refractivity contribution is 7.22. The number of aryl methyl sites for hydroxylation is 2. The van der Waals surface area contributed by atoms with Gasteiger partial charge in [-0.1, -0.05) is 42.5 Å². The summed E-state index contributed by atoms with van der Waals surface area (Å²) in [4.78, 5) is 18.5. The molecule has 4 rings (SSSR count). The molecule has 0 aliphatic carbocycles. The summed E-state index contributed by atoms with van der Waals surface area (Å²) < 4.78 is 1.16. The first kappa shape index (κ1) is 17.9. The Morgan fingerprint density at radius 2 is 1.74 bits per heavy atom. The Bertz CT molecular complexity index is 1060. The molecule has 2 heterocycles. The molecule has 2 aromatic carbocycles. The fourth-order valence-corrected chi connectivity index (χ4v) is 5.26. The summed E-state index contributed by atoms with van der Waals surface area (Å²) in [5, 5.41) is 5.01. The zero-order valence-electron chi connectivity index (χ0n) is 15.3. The number of carbonyl (C=O) groups is 1. The Morgan fingerprint density at radius 1 is 1.00 bits per heavy atom. The first-order valence-corrected chi connectivity index (χ1v) is 10.5. The summed E-state index contributed by atoms with van der Waals surface area (Å²) in [6, 6.07) is 18.3. The van der Waals surface area contributed by atoms with Crippen molar-refractivity contribution >= 4 is 43.8 Å². The molecule has 0 radical (unpaired) electrons. The van der Waals surface area contributed by atoms with E-state index < -0.39 is 0 Å². The molecule has 0 unspecified atom stereocenters. The molecule has 4 aromatic rings. The second-order valence-electron chi connectivity index (χ2n) is 6.51. The standard InChI is InChI=1S/C22H20N2OS2/c1-14-15(2)26-22(24-19(25)13-12-16-8-4-3-5-9-16)20(14)21-23-17-10-6-7-11-18(17)27-21/h3-11H,12-13H2,1-2H3,(H,24,25). The van der Waals surface area contributed by atoms with Crippen LogP contribution in [0, 0.1) is 13.8 Å². The molecule has 3 nitrogen and oxygen atoms in total. The van der Waals surface area contributed by atoms with E-state index in [0.717, 1.165) is 32.2 Å². The van der Waals surface area contributed by atoms with E-state index in [-0.39, 0.29) is 5.91 Å². The normalized spacial score (nSPS) is 11.0. The average molecular weight is 393 g/mol. The van der Waals surface area contributed by atoms with Crippen LogP contribution < -0.4 is 5.32 Å². The van der Waals surface area contributed by atoms with Gasteiger partial charge in [-0.3, -0.25) is 4.79 Å². The van der Waals surface area contributed by atoms with Crippen molar-refractivity contribution in [3.05, 3.63) is 70.6 Å². The molecular weight excluding hydrogens is 372 g/mol. The third-order valence-electron chi connectivity index (χ3n) is 4.63. The number of nitrogens with zero attached hydrogens (tertiary/aromatic N) is 1. The first-order valence-electron chi connectivity index (χ1n) is 8.91. The van der Waals surface area contributed by atoms with E-state index in [1.54, 1.807) is 22.7 Å². The Labute approximate surface area is 166 Å². The summed E-state index contributed by atoms with van der Waals surface area (Å²) in [6.45, 7) is 4.20. The number of benzene rings is 2. The molecule has 136 valence electrons. The van der Waals surface area contributed by atoms with Crippen LogP contribution in [0.2, 0.25) is 0 Å². The van der Waals surface area contributed by atoms with E-state index in [9.17, 15) is 4.79 Å². The maximum absolute atomic E-state index is 12.5. The lowest BCUT2D eigenvalue weighted by molar-refractivity contribution is -0.116. The predicted molar refractivity (Wildman–Crippen MR) is 116 cm³/mol. The molecule has 0 aliphatic rings. The molecular formula is C22H20N2OS2. The van der Waals surface area contributed by atoms with Crippen LogP contribution in [0.5, 0.6) is 0 Å². The zero-order chi connectivity index (χ0) is 18.8. The van der Waals surface area contributed by atoms with Crippen molar-refractivity contribution in [2.45, 2.75) is 26.7 Å². The van der Waals surface area contributed by atoms with Crippen LogP contribution in [-0.2, 0) is 11.2 Å². The number of thiazole rings is 1. The molecule has 5 heteroatoms. The van der Waals surface area contributed by atoms with Crippen LogP contribution in [0.3, 0.4) is 0 Å². The lowest BCUT2D eigenvalue weighted by Gasteiger charge is -2.06. The highest BCUT2D eigenvalue weighted by Crippen LogP contribution is 2.43. The highest BCUT2D eigenvalue weighted by atomic mass is 32.1. The number of rotatable bonds is 5. The third kappa shape index (κ3) is 3.80. The molecule has 0 atom stereocenters. The van der Waals surface area contributed by atoms with Gasteiger partial charge in [-0.15, -0.1) is 22.7 Å². The number of anilines is 1. The van der Waals surface area contributed by atoms with Crippen molar-refractivity contribution in [1.29, 1.82) is 0 Å². The largest absolute Gasteiger partial charge is 0.317 e. The van der Waals surface area contributed by atoms with Gasteiger partial charge in [0.15, 0.2) is 0 Å². The SMILES string of the molecule is Cc1sc(NC(=O)CCc2ccccc2)c(-c2nc3ccccc3s2)c1C. The van der Waals surface area contributed by atoms with Crippen molar-refractivity contribution in [2.75, 3.05) is 5.32 Å². The van der Waals surface area contributed by atoms with Crippen molar-refractivity contribution in [3.63, 3.8) is 0 Å². The summed E-state index contributed by atoms with van der Waals surface area (Å²) in [5.74, 6) is 0.0439. The monoisotopic (exact) mass is 392 g/mol. The first-order chi connectivity index (χ1) is 13.1. The van der Waals surface area contributed by atoms with E-state index in [1.807, 2.05) is 36.4 Å². The molecule has 0 fully saturated rings. The minimum Gasteiger partial charge on any atom is -0.317 e. The minimum atomic E-state index is 0.0439. The van der Waals surface area contributed by atoms with Crippen LogP contribution >= 0.6 is 22.7 Å². The van der Waals surface area contributed by atoms with Crippen molar-refractivity contribution < 1.29 is 4.79 Å². The van der Waals surface area contributed by atoms with Crippen LogP contribution in [-0.4, -0.2) is 10.9 Å². The number of thiophene rings is 1. The number of amides is 1. The highest BCUT2D eigenvalue weighted by Gasteiger charge is 2.19. The number of aromatic nitrogens is 1. The van der Waals surface area contributed by atoms with E-state index in [0.29, 0.717) is 6.42 Å². The quantitative estimate of drug-likeness (QED) is 0.438. The average Bonchev–Trinajstić information content (AvgIpc) is 3.21. The Kier molecular flexibility index (Phi) is 5.05. The van der Waals surface area contributed by atoms with Gasteiger partial charge < -0.3 is 5.32 Å². The van der Waals surface area contributed by atoms with Gasteiger partial charge in [0.1, 0.15) is 10.0 Å². The van der Waals surface area contributed by atoms with E-state index in [1.165, 1.54) is 16.0 Å². The number of nitrogens with one attached hydrogen (secondary N) is 1. The molecule has 2 aromatic heterocycles. The number of hydrogen-bond acceptors (Lipinski definition) is 4. The lowest BCUT2D eigenvalue weighted by atomic mass is 10.1. The number of para-hydroxylation sites is 1. The van der Waals surface area contributed by atoms with Crippen LogP contribution in [0.15, 0.2) is 54.6 Å². The van der Waals surface area contributed by atoms with Gasteiger partial charge in [-0.2, -0.15) is 0 Å². The third-order valence-corrected chi connectivity index (χ3v) is 6.81. The summed E-state index contributed by atoms with van der Waals surface area (Å²) in [7, 11) is 0. The van der Waals surface area contributed by atoms with Crippen LogP contribution in [0.1, 0.15) is 22.4 Å². The van der Waals surface area contributed by atoms with Crippen molar-refractivity contribution in [2.24, 2.45) is 0 Å². The van der Waals surface area contributed by atoms with Gasteiger partial charge in [-0.25, -0.2) is 4.98 Å². The lowest BCUT2D eigenvalue weighted by Crippen LogP contribution is -2.12. The molecule has 1 amide bonds. The number of carbonyl (C=O) groups excluding carboxylic acids is 1. The van der Waals surface area contributed by atoms with Gasteiger partial charge in [-0.05, 0) is 43.5 Å². The van der Waals surface area contributed by atoms with Crippen LogP contribution in [0.25, 0.3) is 20.8 Å². The van der Waals surface area contributed by atoms with Gasteiger partial charge in [0.05, 0.1) is 10.2 Å². The molecule has 1 N–H and O–H groups in total. The molecule has 0 aliphatic heterocycles. The fourth-order valence-electron chi connectivity index (χ4n) is 3.04. The maximum atomic E-state index is 12.5. The molecule has 0 saturated heterocycles. The summed E-state index contributed by atoms with van der Waals surface area (Å²) in [5.41, 5.74) is 4.43. The molecule has 0 bridgehead atoms. The summed E-state index contributed by atoms with van der Waals surface area (Å²) in [6.07, 6.45) is 1.21. The van der Waals surface area contributed by atoms with Crippen LogP contribution in [0.4, 0.5) is 5.00 Å². The topological polar surface area (TPSA) is 42.0 Å². The second-order valence-corrected chi connectivity index (χ2v) is 8.76. The molecule has 27 heavy (non-hydrogen) atoms. The maximum Gasteiger partial charge on any atom is 0.225 e. The second kappa shape index (κ2) is 7.62. The Morgan fingerprint density at radius 3 is 2.52 bits per heavy atom. The van der Waals surface area contributed by atoms with Crippen molar-refractivity contribution in [1.82, 2.24) is 4.98 Å². The zero-order valence-corrected chi connectivity index (χ0v) is 16.9. The van der Waals surface area contributed by atoms with Gasteiger partial charge >= 0.3 is 0 Å². The van der Waals surface area contributed by atoms with E-state index in [2.05, 4.69) is 37.4 Å². The van der Waals surface area contributed by atoms with Gasteiger partial charge in [0.2, 0.25) is 5.91 Å². The minimum absolute atomic E-state index is 0.0439. The summed E-state index contributed by atoms with van der Waals surface area (Å²) >= 11 is 3.30.